The van der Waals surface area contributed by atoms with Crippen molar-refractivity contribution in [1.82, 2.24) is 5.32 Å². The first kappa shape index (κ1) is 22.3. The molecule has 0 unspecified atom stereocenters. The standard InChI is InChI=1S/C20H21N3O7/c1-13(2)11-21-20(26)15-5-3-4-6-16(15)22-17(24)12-29-19(25)10-8-14-7-9-18(30-14)23(27)28/h3-10,13H,11-12H2,1-2H3,(H,21,26)(H,22,24)/b10-8+. The highest BCUT2D eigenvalue weighted by atomic mass is 16.6. The fourth-order valence-electron chi connectivity index (χ4n) is 2.23. The van der Waals surface area contributed by atoms with E-state index in [1.807, 2.05) is 13.8 Å². The maximum Gasteiger partial charge on any atom is 0.433 e. The van der Waals surface area contributed by atoms with Crippen LogP contribution in [0, 0.1) is 16.0 Å². The van der Waals surface area contributed by atoms with Gasteiger partial charge in [-0.3, -0.25) is 19.7 Å². The number of hydrogen-bond acceptors (Lipinski definition) is 7. The molecule has 10 heteroatoms. The van der Waals surface area contributed by atoms with Crippen LogP contribution >= 0.6 is 0 Å². The molecule has 0 aliphatic carbocycles. The smallest absolute Gasteiger partial charge is 0.433 e. The van der Waals surface area contributed by atoms with Crippen molar-refractivity contribution in [1.29, 1.82) is 0 Å². The molecule has 30 heavy (non-hydrogen) atoms. The van der Waals surface area contributed by atoms with Gasteiger partial charge in [0.2, 0.25) is 0 Å². The summed E-state index contributed by atoms with van der Waals surface area (Å²) in [6.07, 6.45) is 2.16. The molecule has 158 valence electrons. The number of ether oxygens (including phenoxy) is 1. The summed E-state index contributed by atoms with van der Waals surface area (Å²) in [6, 6.07) is 8.93. The molecule has 0 spiro atoms. The molecule has 0 aliphatic rings. The Bertz CT molecular complexity index is 963. The number of benzene rings is 1. The largest absolute Gasteiger partial charge is 0.452 e. The monoisotopic (exact) mass is 415 g/mol. The van der Waals surface area contributed by atoms with E-state index in [0.29, 0.717) is 12.2 Å². The topological polar surface area (TPSA) is 141 Å². The Morgan fingerprint density at radius 2 is 1.93 bits per heavy atom. The first-order valence-electron chi connectivity index (χ1n) is 9.02. The van der Waals surface area contributed by atoms with Crippen LogP contribution in [0.25, 0.3) is 6.08 Å². The average molecular weight is 415 g/mol. The zero-order valence-electron chi connectivity index (χ0n) is 16.4. The lowest BCUT2D eigenvalue weighted by Gasteiger charge is -2.12. The number of nitro groups is 1. The number of amides is 2. The molecule has 0 fully saturated rings. The van der Waals surface area contributed by atoms with Crippen molar-refractivity contribution in [2.24, 2.45) is 5.92 Å². The van der Waals surface area contributed by atoms with E-state index in [1.165, 1.54) is 12.1 Å². The number of hydrogen-bond donors (Lipinski definition) is 2. The van der Waals surface area contributed by atoms with E-state index in [9.17, 15) is 24.5 Å². The van der Waals surface area contributed by atoms with Gasteiger partial charge in [0.15, 0.2) is 6.61 Å². The third kappa shape index (κ3) is 6.89. The molecule has 1 aromatic carbocycles. The first-order chi connectivity index (χ1) is 14.3. The zero-order valence-corrected chi connectivity index (χ0v) is 16.4. The fraction of sp³-hybridized carbons (Fsp3) is 0.250. The number of nitrogens with zero attached hydrogens (tertiary/aromatic N) is 1. The van der Waals surface area contributed by atoms with E-state index in [4.69, 9.17) is 9.15 Å². The molecule has 0 saturated heterocycles. The highest BCUT2D eigenvalue weighted by Gasteiger charge is 2.14. The van der Waals surface area contributed by atoms with E-state index in [1.54, 1.807) is 24.3 Å². The van der Waals surface area contributed by atoms with E-state index < -0.39 is 29.3 Å². The predicted molar refractivity (Wildman–Crippen MR) is 108 cm³/mol. The molecular formula is C20H21N3O7. The molecule has 0 aliphatic heterocycles. The van der Waals surface area contributed by atoms with Crippen molar-refractivity contribution in [3.8, 4) is 0 Å². The zero-order chi connectivity index (χ0) is 22.1. The Balaban J connectivity index is 1.88. The van der Waals surface area contributed by atoms with Crippen molar-refractivity contribution in [2.45, 2.75) is 13.8 Å². The maximum absolute atomic E-state index is 12.3. The summed E-state index contributed by atoms with van der Waals surface area (Å²) < 4.78 is 9.68. The van der Waals surface area contributed by atoms with Crippen LogP contribution in [0.3, 0.4) is 0 Å². The number of nitrogens with one attached hydrogen (secondary N) is 2. The Kier molecular flexibility index (Phi) is 7.86. The molecule has 2 amide bonds. The average Bonchev–Trinajstić information content (AvgIpc) is 3.19. The number of furan rings is 1. The van der Waals surface area contributed by atoms with Gasteiger partial charge in [0.25, 0.3) is 11.8 Å². The van der Waals surface area contributed by atoms with E-state index in [2.05, 4.69) is 10.6 Å². The number of esters is 1. The van der Waals surface area contributed by atoms with Crippen molar-refractivity contribution >= 4 is 35.4 Å². The summed E-state index contributed by atoms with van der Waals surface area (Å²) in [6.45, 7) is 3.83. The molecule has 0 atom stereocenters. The Hall–Kier alpha value is -3.95. The summed E-state index contributed by atoms with van der Waals surface area (Å²) in [7, 11) is 0. The van der Waals surface area contributed by atoms with Crippen LogP contribution < -0.4 is 10.6 Å². The van der Waals surface area contributed by atoms with E-state index in [0.717, 1.165) is 12.1 Å². The fourth-order valence-corrected chi connectivity index (χ4v) is 2.23. The Labute approximate surface area is 172 Å². The summed E-state index contributed by atoms with van der Waals surface area (Å²) in [5, 5.41) is 15.8. The molecule has 10 nitrogen and oxygen atoms in total. The second-order valence-electron chi connectivity index (χ2n) is 6.57. The number of rotatable bonds is 9. The summed E-state index contributed by atoms with van der Waals surface area (Å²) in [4.78, 5) is 45.9. The summed E-state index contributed by atoms with van der Waals surface area (Å²) >= 11 is 0. The van der Waals surface area contributed by atoms with Crippen LogP contribution in [0.5, 0.6) is 0 Å². The van der Waals surface area contributed by atoms with Crippen molar-refractivity contribution in [2.75, 3.05) is 18.5 Å². The number of para-hydroxylation sites is 1. The van der Waals surface area contributed by atoms with Crippen molar-refractivity contribution in [3.63, 3.8) is 0 Å². The van der Waals surface area contributed by atoms with Gasteiger partial charge in [-0.25, -0.2) is 4.79 Å². The van der Waals surface area contributed by atoms with Crippen molar-refractivity contribution in [3.05, 3.63) is 63.9 Å². The van der Waals surface area contributed by atoms with Gasteiger partial charge in [-0.05, 0) is 30.2 Å². The third-order valence-electron chi connectivity index (χ3n) is 3.64. The van der Waals surface area contributed by atoms with Gasteiger partial charge in [0.05, 0.1) is 17.3 Å². The Morgan fingerprint density at radius 1 is 1.20 bits per heavy atom. The lowest BCUT2D eigenvalue weighted by atomic mass is 10.1. The van der Waals surface area contributed by atoms with Gasteiger partial charge >= 0.3 is 11.9 Å². The molecule has 0 saturated carbocycles. The molecule has 2 aromatic rings. The Morgan fingerprint density at radius 3 is 2.60 bits per heavy atom. The van der Waals surface area contributed by atoms with Gasteiger partial charge in [0.1, 0.15) is 10.7 Å². The molecule has 1 aromatic heterocycles. The van der Waals surface area contributed by atoms with Gasteiger partial charge in [-0.15, -0.1) is 0 Å². The lowest BCUT2D eigenvalue weighted by Crippen LogP contribution is -2.29. The summed E-state index contributed by atoms with van der Waals surface area (Å²) in [5.41, 5.74) is 0.579. The SMILES string of the molecule is CC(C)CNC(=O)c1ccccc1NC(=O)COC(=O)/C=C/c1ccc([N+](=O)[O-])o1. The van der Waals surface area contributed by atoms with Gasteiger partial charge < -0.3 is 19.8 Å². The van der Waals surface area contributed by atoms with Gasteiger partial charge in [-0.2, -0.15) is 0 Å². The van der Waals surface area contributed by atoms with E-state index in [-0.39, 0.29) is 23.1 Å². The first-order valence-corrected chi connectivity index (χ1v) is 9.02. The maximum atomic E-state index is 12.3. The van der Waals surface area contributed by atoms with E-state index >= 15 is 0 Å². The molecule has 2 rings (SSSR count). The minimum absolute atomic E-state index is 0.0874. The lowest BCUT2D eigenvalue weighted by molar-refractivity contribution is -0.402. The second kappa shape index (κ2) is 10.6. The number of anilines is 1. The third-order valence-corrected chi connectivity index (χ3v) is 3.64. The van der Waals surface area contributed by atoms with Crippen LogP contribution in [0.15, 0.2) is 46.9 Å². The van der Waals surface area contributed by atoms with Crippen LogP contribution in [0.4, 0.5) is 11.6 Å². The molecule has 1 heterocycles. The predicted octanol–water partition coefficient (Wildman–Crippen LogP) is 2.77. The highest BCUT2D eigenvalue weighted by Crippen LogP contribution is 2.17. The normalized spacial score (nSPS) is 10.8. The van der Waals surface area contributed by atoms with Crippen LogP contribution in [0.1, 0.15) is 30.0 Å². The van der Waals surface area contributed by atoms with Gasteiger partial charge in [-0.1, -0.05) is 26.0 Å². The summed E-state index contributed by atoms with van der Waals surface area (Å²) in [5.74, 6) is -1.90. The highest BCUT2D eigenvalue weighted by molar-refractivity contribution is 6.04. The second-order valence-corrected chi connectivity index (χ2v) is 6.57. The van der Waals surface area contributed by atoms with Gasteiger partial charge in [0, 0.05) is 12.6 Å². The number of carbonyl (C=O) groups excluding carboxylic acids is 3. The minimum Gasteiger partial charge on any atom is -0.452 e. The van der Waals surface area contributed by atoms with Crippen LogP contribution in [-0.4, -0.2) is 35.9 Å². The quantitative estimate of drug-likeness (QED) is 0.278. The molecular weight excluding hydrogens is 394 g/mol. The minimum atomic E-state index is -0.841. The number of carbonyl (C=O) groups is 3. The molecule has 2 N–H and O–H groups in total. The van der Waals surface area contributed by atoms with Crippen LogP contribution in [0.2, 0.25) is 0 Å². The van der Waals surface area contributed by atoms with Crippen LogP contribution in [-0.2, 0) is 14.3 Å². The molecule has 0 radical (unpaired) electrons. The van der Waals surface area contributed by atoms with Crippen molar-refractivity contribution < 1.29 is 28.5 Å². The molecule has 0 bridgehead atoms.